The fourth-order valence-corrected chi connectivity index (χ4v) is 9.06. The van der Waals surface area contributed by atoms with E-state index in [9.17, 15) is 13.2 Å². The first-order chi connectivity index (χ1) is 23.2. The predicted octanol–water partition coefficient (Wildman–Crippen LogP) is 7.59. The summed E-state index contributed by atoms with van der Waals surface area (Å²) in [6, 6.07) is 7.48. The number of nitrogens with zero attached hydrogens (tertiary/aromatic N) is 5. The van der Waals surface area contributed by atoms with Crippen LogP contribution < -0.4 is 9.64 Å². The highest BCUT2D eigenvalue weighted by Gasteiger charge is 2.68. The molecule has 2 saturated carbocycles. The Morgan fingerprint density at radius 2 is 1.92 bits per heavy atom. The third-order valence-electron chi connectivity index (χ3n) is 11.8. The first kappa shape index (κ1) is 29.8. The van der Waals surface area contributed by atoms with Crippen molar-refractivity contribution in [2.24, 2.45) is 11.3 Å². The average Bonchev–Trinajstić information content (AvgIpc) is 3.95. The molecule has 4 atom stereocenters. The first-order valence-electron chi connectivity index (χ1n) is 16.6. The van der Waals surface area contributed by atoms with Crippen molar-refractivity contribution < 1.29 is 26.7 Å². The van der Waals surface area contributed by atoms with Gasteiger partial charge in [0, 0.05) is 41.7 Å². The van der Waals surface area contributed by atoms with Crippen molar-refractivity contribution in [3.8, 4) is 29.6 Å². The van der Waals surface area contributed by atoms with Gasteiger partial charge in [0.2, 0.25) is 0 Å². The maximum atomic E-state index is 16.9. The van der Waals surface area contributed by atoms with Crippen molar-refractivity contribution in [1.29, 1.82) is 0 Å². The van der Waals surface area contributed by atoms with Crippen LogP contribution in [0.1, 0.15) is 50.5 Å². The van der Waals surface area contributed by atoms with Gasteiger partial charge in [0.1, 0.15) is 35.6 Å². The molecule has 48 heavy (non-hydrogen) atoms. The molecule has 9 rings (SSSR count). The van der Waals surface area contributed by atoms with Crippen molar-refractivity contribution in [1.82, 2.24) is 19.9 Å². The summed E-state index contributed by atoms with van der Waals surface area (Å²) in [7, 11) is 0. The van der Waals surface area contributed by atoms with Gasteiger partial charge in [0.25, 0.3) is 6.08 Å². The number of ether oxygens (including phenoxy) is 1. The topological polar surface area (TPSA) is 54.4 Å². The molecule has 3 saturated heterocycles. The van der Waals surface area contributed by atoms with Crippen LogP contribution >= 0.6 is 0 Å². The monoisotopic (exact) mass is 657 g/mol. The molecule has 2 aromatic carbocycles. The first-order valence-corrected chi connectivity index (χ1v) is 16.6. The van der Waals surface area contributed by atoms with Crippen LogP contribution in [0.3, 0.4) is 0 Å². The van der Waals surface area contributed by atoms with Crippen molar-refractivity contribution in [2.45, 2.75) is 62.7 Å². The molecule has 5 heterocycles. The molecule has 11 heteroatoms. The number of fused-ring (bicyclic) bond motifs is 5. The van der Waals surface area contributed by atoms with Crippen molar-refractivity contribution in [3.05, 3.63) is 65.4 Å². The lowest BCUT2D eigenvalue weighted by Gasteiger charge is -2.36. The summed E-state index contributed by atoms with van der Waals surface area (Å²) in [6.45, 7) is 1.49. The molecular weight excluding hydrogens is 625 g/mol. The molecule has 0 unspecified atom stereocenters. The largest absolute Gasteiger partial charge is 0.461 e. The zero-order valence-corrected chi connectivity index (χ0v) is 26.1. The maximum absolute atomic E-state index is 16.9. The van der Waals surface area contributed by atoms with E-state index in [1.165, 1.54) is 12.3 Å². The van der Waals surface area contributed by atoms with Gasteiger partial charge in [-0.15, -0.1) is 6.42 Å². The van der Waals surface area contributed by atoms with Gasteiger partial charge in [-0.2, -0.15) is 18.7 Å². The summed E-state index contributed by atoms with van der Waals surface area (Å²) in [5.41, 5.74) is -0.455. The molecule has 0 N–H and O–H groups in total. The van der Waals surface area contributed by atoms with Gasteiger partial charge >= 0.3 is 6.01 Å². The zero-order valence-electron chi connectivity index (χ0n) is 26.1. The van der Waals surface area contributed by atoms with Crippen molar-refractivity contribution >= 4 is 27.5 Å². The Morgan fingerprint density at radius 3 is 2.71 bits per heavy atom. The zero-order chi connectivity index (χ0) is 32.9. The van der Waals surface area contributed by atoms with Gasteiger partial charge in [-0.05, 0) is 61.9 Å². The van der Waals surface area contributed by atoms with Crippen LogP contribution in [-0.4, -0.2) is 63.8 Å². The quantitative estimate of drug-likeness (QED) is 0.163. The van der Waals surface area contributed by atoms with E-state index in [2.05, 4.69) is 20.8 Å². The van der Waals surface area contributed by atoms with Gasteiger partial charge in [0.15, 0.2) is 5.82 Å². The van der Waals surface area contributed by atoms with Crippen LogP contribution in [0.5, 0.6) is 6.01 Å². The smallest absolute Gasteiger partial charge is 0.319 e. The fourth-order valence-electron chi connectivity index (χ4n) is 9.06. The summed E-state index contributed by atoms with van der Waals surface area (Å²) in [5, 5.41) is 1.28. The second-order valence-corrected chi connectivity index (χ2v) is 14.1. The standard InChI is InChI=1S/C37H32F5N5O/c1-2-22-26(38)10-9-20-6-5-8-23(27(20)22)30-29(40)31-25(17-43-30)34(47-14-4-3-7-24-28(39)32(24)47)45-35(44-31)48-19-37-16-21(33(41)42)18-46(37)15-13-36(37)11-12-36/h1,5-6,8-10,17,24,28,32H,3-4,7,11-16,18-19H2/t24-,28-,32-,37-/m0/s1. The summed E-state index contributed by atoms with van der Waals surface area (Å²) in [6.07, 6.45) is 9.94. The van der Waals surface area contributed by atoms with Crippen LogP contribution in [0.4, 0.5) is 27.8 Å². The third kappa shape index (κ3) is 4.24. The van der Waals surface area contributed by atoms with E-state index in [0.717, 1.165) is 38.5 Å². The minimum atomic E-state index is -1.65. The maximum Gasteiger partial charge on any atom is 0.319 e. The average molecular weight is 658 g/mol. The molecule has 246 valence electrons. The number of pyridine rings is 1. The highest BCUT2D eigenvalue weighted by Crippen LogP contribution is 2.66. The molecule has 6 nitrogen and oxygen atoms in total. The minimum absolute atomic E-state index is 0.000738. The van der Waals surface area contributed by atoms with Gasteiger partial charge in [-0.3, -0.25) is 9.88 Å². The number of hydrogen-bond acceptors (Lipinski definition) is 6. The molecule has 0 amide bonds. The Labute approximate surface area is 274 Å². The number of aromatic nitrogens is 3. The number of terminal acetylenes is 1. The number of halogens is 5. The molecule has 3 aliphatic heterocycles. The van der Waals surface area contributed by atoms with Crippen LogP contribution in [0.15, 0.2) is 48.2 Å². The molecule has 5 fully saturated rings. The van der Waals surface area contributed by atoms with Gasteiger partial charge < -0.3 is 9.64 Å². The SMILES string of the molecule is C#Cc1c(F)ccc2cccc(-c3ncc4c(N5CCCC[C@H]6[C@H](F)[C@H]65)nc(OC[C@]56CC(=C(F)F)CN5CCC65CC5)nc4c3F)c12. The van der Waals surface area contributed by atoms with Crippen LogP contribution in [-0.2, 0) is 0 Å². The van der Waals surface area contributed by atoms with Gasteiger partial charge in [-0.1, -0.05) is 36.6 Å². The number of rotatable bonds is 5. The molecule has 2 aliphatic carbocycles. The minimum Gasteiger partial charge on any atom is -0.461 e. The van der Waals surface area contributed by atoms with E-state index in [-0.39, 0.29) is 59.3 Å². The molecule has 1 spiro atoms. The van der Waals surface area contributed by atoms with E-state index < -0.39 is 35.5 Å². The van der Waals surface area contributed by atoms with Crippen LogP contribution in [0, 0.1) is 35.3 Å². The lowest BCUT2D eigenvalue weighted by atomic mass is 9.80. The Kier molecular flexibility index (Phi) is 6.58. The normalized spacial score (nSPS) is 27.2. The second-order valence-electron chi connectivity index (χ2n) is 14.1. The lowest BCUT2D eigenvalue weighted by Crippen LogP contribution is -2.49. The third-order valence-corrected chi connectivity index (χ3v) is 11.8. The van der Waals surface area contributed by atoms with Gasteiger partial charge in [-0.25, -0.2) is 13.2 Å². The van der Waals surface area contributed by atoms with E-state index in [1.807, 2.05) is 4.90 Å². The van der Waals surface area contributed by atoms with Crippen LogP contribution in [0.2, 0.25) is 0 Å². The summed E-state index contributed by atoms with van der Waals surface area (Å²) < 4.78 is 80.9. The van der Waals surface area contributed by atoms with E-state index >= 15 is 8.78 Å². The Morgan fingerprint density at radius 1 is 1.06 bits per heavy atom. The van der Waals surface area contributed by atoms with E-state index in [1.54, 1.807) is 24.3 Å². The van der Waals surface area contributed by atoms with Crippen molar-refractivity contribution in [3.63, 3.8) is 0 Å². The number of benzene rings is 2. The van der Waals surface area contributed by atoms with Crippen LogP contribution in [0.25, 0.3) is 32.9 Å². The highest BCUT2D eigenvalue weighted by atomic mass is 19.3. The molecule has 5 aliphatic rings. The highest BCUT2D eigenvalue weighted by molar-refractivity contribution is 6.02. The molecule has 2 aromatic heterocycles. The van der Waals surface area contributed by atoms with E-state index in [4.69, 9.17) is 16.1 Å². The van der Waals surface area contributed by atoms with Crippen molar-refractivity contribution in [2.75, 3.05) is 31.1 Å². The number of alkyl halides is 1. The fraction of sp³-hybridized carbons (Fsp3) is 0.432. The Hall–Kier alpha value is -4.30. The number of anilines is 1. The Balaban J connectivity index is 1.19. The predicted molar refractivity (Wildman–Crippen MR) is 171 cm³/mol. The van der Waals surface area contributed by atoms with Gasteiger partial charge in [0.05, 0.1) is 22.5 Å². The second kappa shape index (κ2) is 10.6. The molecular formula is C37H32F5N5O. The summed E-state index contributed by atoms with van der Waals surface area (Å²) >= 11 is 0. The summed E-state index contributed by atoms with van der Waals surface area (Å²) in [4.78, 5) is 17.8. The Bertz CT molecular complexity index is 2090. The number of hydrogen-bond donors (Lipinski definition) is 0. The van der Waals surface area contributed by atoms with E-state index in [0.29, 0.717) is 40.6 Å². The molecule has 0 radical (unpaired) electrons. The lowest BCUT2D eigenvalue weighted by molar-refractivity contribution is 0.0648. The molecule has 0 bridgehead atoms. The summed E-state index contributed by atoms with van der Waals surface area (Å²) in [5.74, 6) is 1.23. The molecule has 4 aromatic rings.